The Morgan fingerprint density at radius 2 is 1.46 bits per heavy atom. The number of carbonyl (C=O) groups is 1. The van der Waals surface area contributed by atoms with E-state index in [1.165, 1.54) is 0 Å². The van der Waals surface area contributed by atoms with Crippen LogP contribution in [0.3, 0.4) is 0 Å². The lowest BCUT2D eigenvalue weighted by atomic mass is 10.0. The molecule has 0 aliphatic rings. The average Bonchev–Trinajstić information content (AvgIpc) is 2.64. The molecule has 2 aromatic carbocycles. The molecule has 0 spiro atoms. The fourth-order valence-electron chi connectivity index (χ4n) is 2.17. The van der Waals surface area contributed by atoms with E-state index < -0.39 is 0 Å². The van der Waals surface area contributed by atoms with Crippen molar-refractivity contribution in [1.82, 2.24) is 10.4 Å². The van der Waals surface area contributed by atoms with Crippen molar-refractivity contribution >= 4 is 23.2 Å². The highest BCUT2D eigenvalue weighted by molar-refractivity contribution is 6.30. The van der Waals surface area contributed by atoms with Gasteiger partial charge in [-0.2, -0.15) is 5.10 Å². The van der Waals surface area contributed by atoms with Gasteiger partial charge < -0.3 is 0 Å². The van der Waals surface area contributed by atoms with Crippen molar-refractivity contribution in [3.63, 3.8) is 0 Å². The van der Waals surface area contributed by atoms with Gasteiger partial charge >= 0.3 is 0 Å². The van der Waals surface area contributed by atoms with Crippen LogP contribution in [0, 0.1) is 0 Å². The van der Waals surface area contributed by atoms with Crippen LogP contribution in [-0.2, 0) is 0 Å². The molecule has 1 aromatic heterocycles. The van der Waals surface area contributed by atoms with Crippen molar-refractivity contribution < 1.29 is 4.79 Å². The van der Waals surface area contributed by atoms with Gasteiger partial charge in [0.25, 0.3) is 5.91 Å². The lowest BCUT2D eigenvalue weighted by Crippen LogP contribution is -2.20. The van der Waals surface area contributed by atoms with Gasteiger partial charge in [-0.25, -0.2) is 5.43 Å². The predicted molar refractivity (Wildman–Crippen MR) is 95.2 cm³/mol. The molecule has 118 valence electrons. The molecule has 0 aliphatic carbocycles. The highest BCUT2D eigenvalue weighted by Gasteiger charge is 2.09. The first-order valence-corrected chi connectivity index (χ1v) is 7.71. The van der Waals surface area contributed by atoms with Gasteiger partial charge in [-0.05, 0) is 36.4 Å². The molecule has 0 fully saturated rings. The molecule has 3 rings (SSSR count). The van der Waals surface area contributed by atoms with E-state index in [0.717, 1.165) is 11.1 Å². The largest absolute Gasteiger partial charge is 0.271 e. The molecule has 0 aliphatic heterocycles. The van der Waals surface area contributed by atoms with Crippen LogP contribution < -0.4 is 5.43 Å². The van der Waals surface area contributed by atoms with Gasteiger partial charge in [-0.1, -0.05) is 41.9 Å². The number of hydrogen-bond donors (Lipinski definition) is 1. The van der Waals surface area contributed by atoms with Gasteiger partial charge in [0.05, 0.1) is 5.71 Å². The molecule has 3 aromatic rings. The second kappa shape index (κ2) is 7.53. The molecule has 0 saturated heterocycles. The monoisotopic (exact) mass is 335 g/mol. The Morgan fingerprint density at radius 1 is 0.833 bits per heavy atom. The topological polar surface area (TPSA) is 54.4 Å². The maximum absolute atomic E-state index is 12.2. The van der Waals surface area contributed by atoms with Crippen molar-refractivity contribution in [2.24, 2.45) is 5.10 Å². The van der Waals surface area contributed by atoms with Crippen LogP contribution in [0.1, 0.15) is 21.5 Å². The maximum Gasteiger partial charge on any atom is 0.271 e. The zero-order valence-corrected chi connectivity index (χ0v) is 13.4. The SMILES string of the molecule is O=C(N/N=C(\c1ccccc1)c1ccncc1)c1ccc(Cl)cc1. The lowest BCUT2D eigenvalue weighted by Gasteiger charge is -2.08. The molecule has 5 heteroatoms. The van der Waals surface area contributed by atoms with E-state index in [-0.39, 0.29) is 5.91 Å². The minimum absolute atomic E-state index is 0.297. The van der Waals surface area contributed by atoms with Gasteiger partial charge in [0.2, 0.25) is 0 Å². The Bertz CT molecular complexity index is 805. The van der Waals surface area contributed by atoms with Crippen molar-refractivity contribution in [3.8, 4) is 0 Å². The van der Waals surface area contributed by atoms with Crippen LogP contribution in [0.15, 0.2) is 84.2 Å². The second-order valence-electron chi connectivity index (χ2n) is 5.01. The van der Waals surface area contributed by atoms with Crippen LogP contribution in [0.4, 0.5) is 0 Å². The molecule has 0 saturated carbocycles. The third kappa shape index (κ3) is 3.86. The highest BCUT2D eigenvalue weighted by atomic mass is 35.5. The van der Waals surface area contributed by atoms with Crippen LogP contribution >= 0.6 is 11.6 Å². The molecular weight excluding hydrogens is 322 g/mol. The van der Waals surface area contributed by atoms with E-state index in [4.69, 9.17) is 11.6 Å². The average molecular weight is 336 g/mol. The number of aromatic nitrogens is 1. The number of carbonyl (C=O) groups excluding carboxylic acids is 1. The number of amides is 1. The summed E-state index contributed by atoms with van der Waals surface area (Å²) in [5, 5.41) is 4.90. The fourth-order valence-corrected chi connectivity index (χ4v) is 2.30. The number of nitrogens with one attached hydrogen (secondary N) is 1. The summed E-state index contributed by atoms with van der Waals surface area (Å²) in [7, 11) is 0. The fraction of sp³-hybridized carbons (Fsp3) is 0. The minimum Gasteiger partial charge on any atom is -0.267 e. The number of rotatable bonds is 4. The predicted octanol–water partition coefficient (Wildman–Crippen LogP) is 3.92. The summed E-state index contributed by atoms with van der Waals surface area (Å²) in [6, 6.07) is 20.0. The Hall–Kier alpha value is -2.98. The molecular formula is C19H14ClN3O. The minimum atomic E-state index is -0.297. The standard InChI is InChI=1S/C19H14ClN3O/c20-17-8-6-16(7-9-17)19(24)23-22-18(14-4-2-1-3-5-14)15-10-12-21-13-11-15/h1-13H,(H,23,24)/b22-18+. The van der Waals surface area contributed by atoms with Crippen molar-refractivity contribution in [2.45, 2.75) is 0 Å². The quantitative estimate of drug-likeness (QED) is 0.580. The van der Waals surface area contributed by atoms with Crippen molar-refractivity contribution in [2.75, 3.05) is 0 Å². The van der Waals surface area contributed by atoms with E-state index in [1.807, 2.05) is 42.5 Å². The van der Waals surface area contributed by atoms with Gasteiger partial charge in [0.1, 0.15) is 0 Å². The first-order valence-electron chi connectivity index (χ1n) is 7.33. The highest BCUT2D eigenvalue weighted by Crippen LogP contribution is 2.11. The zero-order chi connectivity index (χ0) is 16.8. The first kappa shape index (κ1) is 15.9. The summed E-state index contributed by atoms with van der Waals surface area (Å²) >= 11 is 5.84. The van der Waals surface area contributed by atoms with E-state index in [1.54, 1.807) is 36.7 Å². The molecule has 0 unspecified atom stereocenters. The molecule has 24 heavy (non-hydrogen) atoms. The third-order valence-electron chi connectivity index (χ3n) is 3.38. The number of pyridine rings is 1. The molecule has 1 amide bonds. The Balaban J connectivity index is 1.90. The Labute approximate surface area is 144 Å². The van der Waals surface area contributed by atoms with Crippen LogP contribution in [0.25, 0.3) is 0 Å². The van der Waals surface area contributed by atoms with E-state index in [0.29, 0.717) is 16.3 Å². The summed E-state index contributed by atoms with van der Waals surface area (Å²) in [6.07, 6.45) is 3.38. The number of halogens is 1. The Morgan fingerprint density at radius 3 is 2.12 bits per heavy atom. The van der Waals surface area contributed by atoms with Gasteiger partial charge in [0, 0.05) is 34.1 Å². The molecule has 1 heterocycles. The van der Waals surface area contributed by atoms with Crippen molar-refractivity contribution in [1.29, 1.82) is 0 Å². The van der Waals surface area contributed by atoms with Gasteiger partial charge in [-0.15, -0.1) is 0 Å². The number of hydrogen-bond acceptors (Lipinski definition) is 3. The van der Waals surface area contributed by atoms with E-state index in [9.17, 15) is 4.79 Å². The molecule has 0 atom stereocenters. The van der Waals surface area contributed by atoms with Crippen LogP contribution in [-0.4, -0.2) is 16.6 Å². The summed E-state index contributed by atoms with van der Waals surface area (Å²) in [6.45, 7) is 0. The summed E-state index contributed by atoms with van der Waals surface area (Å²) < 4.78 is 0. The molecule has 0 radical (unpaired) electrons. The summed E-state index contributed by atoms with van der Waals surface area (Å²) in [4.78, 5) is 16.3. The van der Waals surface area contributed by atoms with Crippen molar-refractivity contribution in [3.05, 3.63) is 101 Å². The Kier molecular flexibility index (Phi) is 4.99. The van der Waals surface area contributed by atoms with Gasteiger partial charge in [-0.3, -0.25) is 9.78 Å². The number of hydrazone groups is 1. The summed E-state index contributed by atoms with van der Waals surface area (Å²) in [5.41, 5.74) is 5.53. The number of benzene rings is 2. The molecule has 1 N–H and O–H groups in total. The van der Waals surface area contributed by atoms with Crippen LogP contribution in [0.2, 0.25) is 5.02 Å². The number of nitrogens with zero attached hydrogens (tertiary/aromatic N) is 2. The second-order valence-corrected chi connectivity index (χ2v) is 5.45. The summed E-state index contributed by atoms with van der Waals surface area (Å²) in [5.74, 6) is -0.297. The third-order valence-corrected chi connectivity index (χ3v) is 3.63. The zero-order valence-electron chi connectivity index (χ0n) is 12.7. The maximum atomic E-state index is 12.2. The van der Waals surface area contributed by atoms with Crippen LogP contribution in [0.5, 0.6) is 0 Å². The smallest absolute Gasteiger partial charge is 0.267 e. The molecule has 0 bridgehead atoms. The first-order chi connectivity index (χ1) is 11.7. The van der Waals surface area contributed by atoms with Gasteiger partial charge in [0.15, 0.2) is 0 Å². The normalized spacial score (nSPS) is 11.1. The molecule has 4 nitrogen and oxygen atoms in total. The van der Waals surface area contributed by atoms with E-state index >= 15 is 0 Å². The lowest BCUT2D eigenvalue weighted by molar-refractivity contribution is 0.0955. The van der Waals surface area contributed by atoms with E-state index in [2.05, 4.69) is 15.5 Å².